The SMILES string of the molecule is CC(=O)N(CC(=O)N1CCCNCC1)CC(O)CO. The molecule has 0 aromatic heterocycles. The predicted molar refractivity (Wildman–Crippen MR) is 69.4 cm³/mol. The maximum atomic E-state index is 12.1. The number of nitrogens with one attached hydrogen (secondary N) is 1. The molecular formula is C12H23N3O4. The van der Waals surface area contributed by atoms with Crippen molar-refractivity contribution >= 4 is 11.8 Å². The summed E-state index contributed by atoms with van der Waals surface area (Å²) in [6, 6.07) is 0. The molecule has 0 spiro atoms. The van der Waals surface area contributed by atoms with Crippen molar-refractivity contribution in [3.05, 3.63) is 0 Å². The Morgan fingerprint density at radius 2 is 2.11 bits per heavy atom. The summed E-state index contributed by atoms with van der Waals surface area (Å²) in [5, 5.41) is 21.4. The highest BCUT2D eigenvalue weighted by atomic mass is 16.3. The van der Waals surface area contributed by atoms with Crippen LogP contribution in [-0.4, -0.2) is 83.8 Å². The van der Waals surface area contributed by atoms with Crippen LogP contribution in [0, 0.1) is 0 Å². The third-order valence-corrected chi connectivity index (χ3v) is 3.11. The average molecular weight is 273 g/mol. The van der Waals surface area contributed by atoms with Crippen LogP contribution in [0.5, 0.6) is 0 Å². The molecule has 1 heterocycles. The van der Waals surface area contributed by atoms with Crippen LogP contribution < -0.4 is 5.32 Å². The molecule has 19 heavy (non-hydrogen) atoms. The van der Waals surface area contributed by atoms with E-state index in [2.05, 4.69) is 5.32 Å². The first kappa shape index (κ1) is 15.9. The molecule has 1 atom stereocenters. The maximum Gasteiger partial charge on any atom is 0.242 e. The van der Waals surface area contributed by atoms with E-state index in [1.807, 2.05) is 0 Å². The molecule has 0 radical (unpaired) electrons. The Morgan fingerprint density at radius 3 is 2.74 bits per heavy atom. The summed E-state index contributed by atoms with van der Waals surface area (Å²) >= 11 is 0. The summed E-state index contributed by atoms with van der Waals surface area (Å²) in [4.78, 5) is 26.5. The van der Waals surface area contributed by atoms with Crippen molar-refractivity contribution in [1.82, 2.24) is 15.1 Å². The number of hydrogen-bond donors (Lipinski definition) is 3. The van der Waals surface area contributed by atoms with Gasteiger partial charge in [0.15, 0.2) is 0 Å². The van der Waals surface area contributed by atoms with Crippen LogP contribution in [0.15, 0.2) is 0 Å². The maximum absolute atomic E-state index is 12.1. The zero-order valence-electron chi connectivity index (χ0n) is 11.3. The van der Waals surface area contributed by atoms with Crippen LogP contribution in [0.4, 0.5) is 0 Å². The largest absolute Gasteiger partial charge is 0.394 e. The minimum Gasteiger partial charge on any atom is -0.394 e. The van der Waals surface area contributed by atoms with Gasteiger partial charge >= 0.3 is 0 Å². The zero-order chi connectivity index (χ0) is 14.3. The van der Waals surface area contributed by atoms with Crippen LogP contribution in [0.1, 0.15) is 13.3 Å². The molecule has 7 heteroatoms. The van der Waals surface area contributed by atoms with Gasteiger partial charge in [-0.2, -0.15) is 0 Å². The topological polar surface area (TPSA) is 93.1 Å². The molecule has 0 bridgehead atoms. The van der Waals surface area contributed by atoms with Gasteiger partial charge in [-0.15, -0.1) is 0 Å². The van der Waals surface area contributed by atoms with Crippen LogP contribution in [0.25, 0.3) is 0 Å². The summed E-state index contributed by atoms with van der Waals surface area (Å²) in [7, 11) is 0. The van der Waals surface area contributed by atoms with Crippen LogP contribution in [0.2, 0.25) is 0 Å². The molecule has 1 rings (SSSR count). The van der Waals surface area contributed by atoms with Crippen molar-refractivity contribution in [2.75, 3.05) is 45.9 Å². The van der Waals surface area contributed by atoms with Gasteiger partial charge in [0.05, 0.1) is 19.3 Å². The highest BCUT2D eigenvalue weighted by Gasteiger charge is 2.21. The number of amides is 2. The quantitative estimate of drug-likeness (QED) is 0.539. The highest BCUT2D eigenvalue weighted by molar-refractivity contribution is 5.83. The highest BCUT2D eigenvalue weighted by Crippen LogP contribution is 2.00. The molecule has 2 amide bonds. The van der Waals surface area contributed by atoms with Crippen molar-refractivity contribution in [1.29, 1.82) is 0 Å². The Balaban J connectivity index is 2.52. The lowest BCUT2D eigenvalue weighted by molar-refractivity contribution is -0.140. The van der Waals surface area contributed by atoms with E-state index in [9.17, 15) is 14.7 Å². The molecule has 0 saturated carbocycles. The van der Waals surface area contributed by atoms with Crippen LogP contribution in [0.3, 0.4) is 0 Å². The second-order valence-corrected chi connectivity index (χ2v) is 4.72. The zero-order valence-corrected chi connectivity index (χ0v) is 11.3. The van der Waals surface area contributed by atoms with E-state index in [0.717, 1.165) is 19.5 Å². The van der Waals surface area contributed by atoms with Gasteiger partial charge in [0.25, 0.3) is 0 Å². The molecule has 0 aromatic carbocycles. The Labute approximate surface area is 113 Å². The minimum absolute atomic E-state index is 0.0241. The Kier molecular flexibility index (Phi) is 6.75. The van der Waals surface area contributed by atoms with Gasteiger partial charge in [-0.25, -0.2) is 0 Å². The van der Waals surface area contributed by atoms with E-state index in [1.165, 1.54) is 11.8 Å². The number of aliphatic hydroxyl groups excluding tert-OH is 2. The lowest BCUT2D eigenvalue weighted by Crippen LogP contribution is -2.46. The van der Waals surface area contributed by atoms with E-state index in [4.69, 9.17) is 5.11 Å². The van der Waals surface area contributed by atoms with Gasteiger partial charge < -0.3 is 25.3 Å². The third kappa shape index (κ3) is 5.54. The summed E-state index contributed by atoms with van der Waals surface area (Å²) in [6.07, 6.45) is -0.118. The first-order valence-electron chi connectivity index (χ1n) is 6.57. The lowest BCUT2D eigenvalue weighted by atomic mass is 10.3. The molecule has 3 N–H and O–H groups in total. The Bertz CT molecular complexity index is 303. The number of nitrogens with zero attached hydrogens (tertiary/aromatic N) is 2. The van der Waals surface area contributed by atoms with E-state index in [-0.39, 0.29) is 24.9 Å². The molecular weight excluding hydrogens is 250 g/mol. The second-order valence-electron chi connectivity index (χ2n) is 4.72. The lowest BCUT2D eigenvalue weighted by Gasteiger charge is -2.27. The molecule has 1 unspecified atom stereocenters. The first-order valence-corrected chi connectivity index (χ1v) is 6.57. The molecule has 1 aliphatic heterocycles. The monoisotopic (exact) mass is 273 g/mol. The van der Waals surface area contributed by atoms with Gasteiger partial charge in [-0.1, -0.05) is 0 Å². The first-order chi connectivity index (χ1) is 9.04. The van der Waals surface area contributed by atoms with Crippen molar-refractivity contribution in [3.63, 3.8) is 0 Å². The third-order valence-electron chi connectivity index (χ3n) is 3.11. The second kappa shape index (κ2) is 8.08. The van der Waals surface area contributed by atoms with Crippen molar-refractivity contribution < 1.29 is 19.8 Å². The Hall–Kier alpha value is -1.18. The molecule has 1 fully saturated rings. The summed E-state index contributed by atoms with van der Waals surface area (Å²) in [6.45, 7) is 3.81. The standard InChI is InChI=1S/C12H23N3O4/c1-10(17)15(7-11(18)9-16)8-12(19)14-5-2-3-13-4-6-14/h11,13,16,18H,2-9H2,1H3. The predicted octanol–water partition coefficient (Wildman–Crippen LogP) is -1.99. The molecule has 1 aliphatic rings. The van der Waals surface area contributed by atoms with Crippen molar-refractivity contribution in [2.45, 2.75) is 19.4 Å². The van der Waals surface area contributed by atoms with Crippen molar-refractivity contribution in [3.8, 4) is 0 Å². The fraction of sp³-hybridized carbons (Fsp3) is 0.833. The van der Waals surface area contributed by atoms with E-state index in [0.29, 0.717) is 13.1 Å². The number of carbonyl (C=O) groups excluding carboxylic acids is 2. The van der Waals surface area contributed by atoms with Gasteiger partial charge in [0.2, 0.25) is 11.8 Å². The molecule has 110 valence electrons. The van der Waals surface area contributed by atoms with E-state index < -0.39 is 12.7 Å². The molecule has 7 nitrogen and oxygen atoms in total. The number of hydrogen-bond acceptors (Lipinski definition) is 5. The smallest absolute Gasteiger partial charge is 0.242 e. The van der Waals surface area contributed by atoms with E-state index in [1.54, 1.807) is 4.90 Å². The number of aliphatic hydroxyl groups is 2. The van der Waals surface area contributed by atoms with E-state index >= 15 is 0 Å². The Morgan fingerprint density at radius 1 is 1.37 bits per heavy atom. The minimum atomic E-state index is -1.01. The fourth-order valence-electron chi connectivity index (χ4n) is 1.97. The number of rotatable bonds is 5. The number of carbonyl (C=O) groups is 2. The van der Waals surface area contributed by atoms with Crippen molar-refractivity contribution in [2.24, 2.45) is 0 Å². The molecule has 0 aliphatic carbocycles. The fourth-order valence-corrected chi connectivity index (χ4v) is 1.97. The normalized spacial score (nSPS) is 17.7. The van der Waals surface area contributed by atoms with Crippen LogP contribution in [-0.2, 0) is 9.59 Å². The summed E-state index contributed by atoms with van der Waals surface area (Å²) < 4.78 is 0. The summed E-state index contributed by atoms with van der Waals surface area (Å²) in [5.41, 5.74) is 0. The van der Waals surface area contributed by atoms with Gasteiger partial charge in [-0.05, 0) is 13.0 Å². The van der Waals surface area contributed by atoms with Gasteiger partial charge in [0, 0.05) is 33.1 Å². The van der Waals surface area contributed by atoms with Gasteiger partial charge in [-0.3, -0.25) is 9.59 Å². The van der Waals surface area contributed by atoms with Crippen LogP contribution >= 0.6 is 0 Å². The summed E-state index contributed by atoms with van der Waals surface area (Å²) in [5.74, 6) is -0.405. The van der Waals surface area contributed by atoms with Gasteiger partial charge in [0.1, 0.15) is 0 Å². The average Bonchev–Trinajstić information content (AvgIpc) is 2.66. The molecule has 0 aromatic rings. The molecule has 1 saturated heterocycles.